The lowest BCUT2D eigenvalue weighted by molar-refractivity contribution is -0.121. The molecule has 0 radical (unpaired) electrons. The monoisotopic (exact) mass is 333 g/mol. The molecule has 1 N–H and O–H groups in total. The molecule has 1 heterocycles. The van der Waals surface area contributed by atoms with Gasteiger partial charge in [0, 0.05) is 24.9 Å². The quantitative estimate of drug-likeness (QED) is 0.611. The number of hydrogen-bond acceptors (Lipinski definition) is 2. The molecule has 0 bridgehead atoms. The topological polar surface area (TPSA) is 42.2 Å². The molecule has 0 saturated carbocycles. The fourth-order valence-corrected chi connectivity index (χ4v) is 2.76. The van der Waals surface area contributed by atoms with E-state index in [9.17, 15) is 4.79 Å². The van der Waals surface area contributed by atoms with Crippen LogP contribution in [0.3, 0.4) is 0 Å². The number of rotatable bonds is 8. The maximum absolute atomic E-state index is 12.0. The Bertz CT molecular complexity index is 778. The zero-order valence-electron chi connectivity index (χ0n) is 14.3. The lowest BCUT2D eigenvalue weighted by Gasteiger charge is -2.05. The molecule has 0 saturated heterocycles. The minimum atomic E-state index is 0.0747. The summed E-state index contributed by atoms with van der Waals surface area (Å²) in [5.74, 6) is 1.77. The van der Waals surface area contributed by atoms with Gasteiger partial charge in [-0.3, -0.25) is 4.79 Å². The maximum Gasteiger partial charge on any atom is 0.220 e. The lowest BCUT2D eigenvalue weighted by atomic mass is 10.1. The molecule has 2 aromatic carbocycles. The van der Waals surface area contributed by atoms with Crippen LogP contribution in [0.4, 0.5) is 0 Å². The van der Waals surface area contributed by atoms with Crippen LogP contribution in [0.2, 0.25) is 0 Å². The molecule has 3 aromatic rings. The summed E-state index contributed by atoms with van der Waals surface area (Å²) in [6.45, 7) is 0.709. The van der Waals surface area contributed by atoms with E-state index in [0.29, 0.717) is 19.4 Å². The number of benzene rings is 2. The van der Waals surface area contributed by atoms with Gasteiger partial charge in [0.05, 0.1) is 0 Å². The first kappa shape index (κ1) is 17.0. The van der Waals surface area contributed by atoms with Crippen LogP contribution in [0, 0.1) is 0 Å². The number of carbonyl (C=O) groups excluding carboxylic acids is 1. The predicted octanol–water partition coefficient (Wildman–Crippen LogP) is 4.63. The first-order valence-corrected chi connectivity index (χ1v) is 8.76. The molecule has 3 rings (SSSR count). The molecule has 0 aliphatic heterocycles. The van der Waals surface area contributed by atoms with E-state index in [1.807, 2.05) is 60.7 Å². The van der Waals surface area contributed by atoms with E-state index < -0.39 is 0 Å². The Labute approximate surface area is 148 Å². The van der Waals surface area contributed by atoms with Crippen LogP contribution in [0.1, 0.15) is 24.2 Å². The third-order valence-electron chi connectivity index (χ3n) is 4.13. The van der Waals surface area contributed by atoms with Crippen molar-refractivity contribution in [2.24, 2.45) is 0 Å². The minimum Gasteiger partial charge on any atom is -0.461 e. The van der Waals surface area contributed by atoms with Crippen molar-refractivity contribution in [3.8, 4) is 11.3 Å². The van der Waals surface area contributed by atoms with Crippen molar-refractivity contribution >= 4 is 5.91 Å². The van der Waals surface area contributed by atoms with Gasteiger partial charge in [0.15, 0.2) is 0 Å². The summed E-state index contributed by atoms with van der Waals surface area (Å²) >= 11 is 0. The SMILES string of the molecule is O=C(CCc1ccc(-c2ccccc2)o1)NCCCc1ccccc1. The van der Waals surface area contributed by atoms with E-state index in [1.165, 1.54) is 5.56 Å². The summed E-state index contributed by atoms with van der Waals surface area (Å²) in [6.07, 6.45) is 3.01. The number of nitrogens with one attached hydrogen (secondary N) is 1. The Morgan fingerprint density at radius 3 is 2.32 bits per heavy atom. The van der Waals surface area contributed by atoms with Crippen LogP contribution in [0.25, 0.3) is 11.3 Å². The van der Waals surface area contributed by atoms with Crippen molar-refractivity contribution in [1.82, 2.24) is 5.32 Å². The van der Waals surface area contributed by atoms with Crippen molar-refractivity contribution in [3.05, 3.63) is 84.1 Å². The largest absolute Gasteiger partial charge is 0.461 e. The Hall–Kier alpha value is -2.81. The van der Waals surface area contributed by atoms with Gasteiger partial charge in [0.1, 0.15) is 11.5 Å². The second kappa shape index (κ2) is 8.88. The van der Waals surface area contributed by atoms with Crippen molar-refractivity contribution in [2.75, 3.05) is 6.54 Å². The molecule has 3 nitrogen and oxygen atoms in total. The third kappa shape index (κ3) is 5.35. The fourth-order valence-electron chi connectivity index (χ4n) is 2.76. The summed E-state index contributed by atoms with van der Waals surface area (Å²) in [4.78, 5) is 12.0. The Balaban J connectivity index is 1.37. The molecule has 1 amide bonds. The molecular weight excluding hydrogens is 310 g/mol. The van der Waals surface area contributed by atoms with Crippen LogP contribution >= 0.6 is 0 Å². The van der Waals surface area contributed by atoms with Gasteiger partial charge in [-0.15, -0.1) is 0 Å². The summed E-state index contributed by atoms with van der Waals surface area (Å²) in [5, 5.41) is 2.98. The molecule has 128 valence electrons. The first-order chi connectivity index (χ1) is 12.3. The van der Waals surface area contributed by atoms with E-state index >= 15 is 0 Å². The minimum absolute atomic E-state index is 0.0747. The predicted molar refractivity (Wildman–Crippen MR) is 100 cm³/mol. The maximum atomic E-state index is 12.0. The van der Waals surface area contributed by atoms with Crippen LogP contribution in [-0.2, 0) is 17.6 Å². The van der Waals surface area contributed by atoms with Crippen LogP contribution < -0.4 is 5.32 Å². The van der Waals surface area contributed by atoms with E-state index in [2.05, 4.69) is 17.4 Å². The molecule has 0 aliphatic carbocycles. The number of amides is 1. The molecule has 0 spiro atoms. The summed E-state index contributed by atoms with van der Waals surface area (Å²) in [7, 11) is 0. The molecule has 1 aromatic heterocycles. The number of hydrogen-bond donors (Lipinski definition) is 1. The summed E-state index contributed by atoms with van der Waals surface area (Å²) in [6, 6.07) is 24.2. The highest BCUT2D eigenvalue weighted by Gasteiger charge is 2.07. The highest BCUT2D eigenvalue weighted by atomic mass is 16.3. The van der Waals surface area contributed by atoms with Crippen molar-refractivity contribution < 1.29 is 9.21 Å². The van der Waals surface area contributed by atoms with Gasteiger partial charge in [-0.25, -0.2) is 0 Å². The van der Waals surface area contributed by atoms with E-state index in [1.54, 1.807) is 0 Å². The fraction of sp³-hybridized carbons (Fsp3) is 0.227. The third-order valence-corrected chi connectivity index (χ3v) is 4.13. The zero-order chi connectivity index (χ0) is 17.3. The number of furan rings is 1. The van der Waals surface area contributed by atoms with Crippen LogP contribution in [0.5, 0.6) is 0 Å². The molecule has 25 heavy (non-hydrogen) atoms. The standard InChI is InChI=1S/C22H23NO2/c24-22(23-17-7-10-18-8-3-1-4-9-18)16-14-20-13-15-21(25-20)19-11-5-2-6-12-19/h1-6,8-9,11-13,15H,7,10,14,16-17H2,(H,23,24). The molecule has 3 heteroatoms. The van der Waals surface area contributed by atoms with Gasteiger partial charge in [-0.2, -0.15) is 0 Å². The van der Waals surface area contributed by atoms with Crippen LogP contribution in [-0.4, -0.2) is 12.5 Å². The van der Waals surface area contributed by atoms with Gasteiger partial charge in [-0.05, 0) is 30.5 Å². The van der Waals surface area contributed by atoms with Gasteiger partial charge in [0.2, 0.25) is 5.91 Å². The van der Waals surface area contributed by atoms with Gasteiger partial charge in [0.25, 0.3) is 0 Å². The normalized spacial score (nSPS) is 10.6. The highest BCUT2D eigenvalue weighted by molar-refractivity contribution is 5.76. The average molecular weight is 333 g/mol. The average Bonchev–Trinajstić information content (AvgIpc) is 3.14. The van der Waals surface area contributed by atoms with Gasteiger partial charge < -0.3 is 9.73 Å². The van der Waals surface area contributed by atoms with Crippen molar-refractivity contribution in [2.45, 2.75) is 25.7 Å². The van der Waals surface area contributed by atoms with E-state index in [-0.39, 0.29) is 5.91 Å². The zero-order valence-corrected chi connectivity index (χ0v) is 14.3. The Kier molecular flexibility index (Phi) is 6.05. The number of aryl methyl sites for hydroxylation is 2. The second-order valence-corrected chi connectivity index (χ2v) is 6.07. The molecular formula is C22H23NO2. The smallest absolute Gasteiger partial charge is 0.220 e. The van der Waals surface area contributed by atoms with Gasteiger partial charge in [-0.1, -0.05) is 60.7 Å². The summed E-state index contributed by atoms with van der Waals surface area (Å²) in [5.41, 5.74) is 2.36. The number of carbonyl (C=O) groups is 1. The van der Waals surface area contributed by atoms with Crippen molar-refractivity contribution in [3.63, 3.8) is 0 Å². The highest BCUT2D eigenvalue weighted by Crippen LogP contribution is 2.22. The lowest BCUT2D eigenvalue weighted by Crippen LogP contribution is -2.24. The second-order valence-electron chi connectivity index (χ2n) is 6.07. The summed E-state index contributed by atoms with van der Waals surface area (Å²) < 4.78 is 5.82. The van der Waals surface area contributed by atoms with Crippen molar-refractivity contribution in [1.29, 1.82) is 0 Å². The van der Waals surface area contributed by atoms with E-state index in [0.717, 1.165) is 29.9 Å². The molecule has 0 unspecified atom stereocenters. The van der Waals surface area contributed by atoms with E-state index in [4.69, 9.17) is 4.42 Å². The first-order valence-electron chi connectivity index (χ1n) is 8.76. The Morgan fingerprint density at radius 1 is 0.840 bits per heavy atom. The molecule has 0 atom stereocenters. The molecule has 0 fully saturated rings. The van der Waals surface area contributed by atoms with Gasteiger partial charge >= 0.3 is 0 Å². The van der Waals surface area contributed by atoms with Crippen LogP contribution in [0.15, 0.2) is 77.2 Å². The molecule has 0 aliphatic rings. The Morgan fingerprint density at radius 2 is 1.56 bits per heavy atom.